The van der Waals surface area contributed by atoms with E-state index in [9.17, 15) is 0 Å². The van der Waals surface area contributed by atoms with Crippen LogP contribution in [0.1, 0.15) is 25.7 Å². The van der Waals surface area contributed by atoms with Crippen LogP contribution in [0.3, 0.4) is 0 Å². The van der Waals surface area contributed by atoms with Crippen molar-refractivity contribution in [2.24, 2.45) is 21.8 Å². The molecular formula is C20H22N2. The Balaban J connectivity index is 1.48. The second-order valence-corrected chi connectivity index (χ2v) is 5.90. The van der Waals surface area contributed by atoms with E-state index < -0.39 is 0 Å². The molecule has 1 fully saturated rings. The van der Waals surface area contributed by atoms with Gasteiger partial charge in [0, 0.05) is 12.4 Å². The Morgan fingerprint density at radius 2 is 0.955 bits per heavy atom. The first kappa shape index (κ1) is 14.7. The molecule has 0 aromatic heterocycles. The molecule has 0 saturated heterocycles. The van der Waals surface area contributed by atoms with Crippen LogP contribution in [0.5, 0.6) is 0 Å². The highest BCUT2D eigenvalue weighted by Crippen LogP contribution is 2.28. The summed E-state index contributed by atoms with van der Waals surface area (Å²) in [5.41, 5.74) is 2.10. The number of hydrogen-bond donors (Lipinski definition) is 0. The van der Waals surface area contributed by atoms with Gasteiger partial charge in [0.25, 0.3) is 0 Å². The van der Waals surface area contributed by atoms with Crippen LogP contribution in [0.4, 0.5) is 11.4 Å². The summed E-state index contributed by atoms with van der Waals surface area (Å²) in [5.74, 6) is 1.23. The van der Waals surface area contributed by atoms with E-state index in [2.05, 4.69) is 46.7 Å². The Bertz CT molecular complexity index is 551. The van der Waals surface area contributed by atoms with Crippen LogP contribution < -0.4 is 0 Å². The van der Waals surface area contributed by atoms with E-state index in [0.717, 1.165) is 11.4 Å². The second-order valence-electron chi connectivity index (χ2n) is 5.90. The van der Waals surface area contributed by atoms with Crippen molar-refractivity contribution in [2.45, 2.75) is 25.7 Å². The highest BCUT2D eigenvalue weighted by atomic mass is 14.7. The summed E-state index contributed by atoms with van der Waals surface area (Å²) in [7, 11) is 0. The molecule has 1 aliphatic rings. The molecule has 0 N–H and O–H groups in total. The lowest BCUT2D eigenvalue weighted by atomic mass is 9.83. The lowest BCUT2D eigenvalue weighted by Crippen LogP contribution is -2.16. The summed E-state index contributed by atoms with van der Waals surface area (Å²) in [6, 6.07) is 20.4. The molecule has 0 spiro atoms. The molecular weight excluding hydrogens is 268 g/mol. The van der Waals surface area contributed by atoms with E-state index in [0.29, 0.717) is 11.8 Å². The van der Waals surface area contributed by atoms with Crippen molar-refractivity contribution < 1.29 is 0 Å². The molecule has 2 nitrogen and oxygen atoms in total. The van der Waals surface area contributed by atoms with Crippen molar-refractivity contribution in [1.82, 2.24) is 0 Å². The molecule has 22 heavy (non-hydrogen) atoms. The van der Waals surface area contributed by atoms with Crippen LogP contribution in [0.25, 0.3) is 0 Å². The van der Waals surface area contributed by atoms with Crippen LogP contribution in [0.15, 0.2) is 70.6 Å². The van der Waals surface area contributed by atoms with Crippen molar-refractivity contribution in [3.8, 4) is 0 Å². The molecule has 112 valence electrons. The molecule has 1 aliphatic carbocycles. The molecule has 1 saturated carbocycles. The van der Waals surface area contributed by atoms with Gasteiger partial charge in [-0.3, -0.25) is 9.98 Å². The average molecular weight is 290 g/mol. The zero-order valence-electron chi connectivity index (χ0n) is 12.8. The molecule has 2 heteroatoms. The van der Waals surface area contributed by atoms with Gasteiger partial charge in [-0.1, -0.05) is 36.4 Å². The Labute approximate surface area is 132 Å². The van der Waals surface area contributed by atoms with Crippen LogP contribution in [-0.2, 0) is 0 Å². The van der Waals surface area contributed by atoms with E-state index in [1.165, 1.54) is 25.7 Å². The fourth-order valence-corrected chi connectivity index (χ4v) is 2.85. The minimum atomic E-state index is 0.613. The summed E-state index contributed by atoms with van der Waals surface area (Å²) in [5, 5.41) is 0. The number of nitrogens with zero attached hydrogens (tertiary/aromatic N) is 2. The zero-order chi connectivity index (χ0) is 15.0. The van der Waals surface area contributed by atoms with E-state index in [1.54, 1.807) is 0 Å². The zero-order valence-corrected chi connectivity index (χ0v) is 12.8. The molecule has 3 rings (SSSR count). The Morgan fingerprint density at radius 1 is 0.591 bits per heavy atom. The van der Waals surface area contributed by atoms with Gasteiger partial charge in [-0.2, -0.15) is 0 Å². The summed E-state index contributed by atoms with van der Waals surface area (Å²) >= 11 is 0. The lowest BCUT2D eigenvalue weighted by molar-refractivity contribution is 0.397. The monoisotopic (exact) mass is 290 g/mol. The Hall–Kier alpha value is -2.22. The maximum Gasteiger partial charge on any atom is 0.0625 e. The maximum atomic E-state index is 4.59. The van der Waals surface area contributed by atoms with E-state index in [1.807, 2.05) is 36.4 Å². The van der Waals surface area contributed by atoms with Crippen LogP contribution in [0, 0.1) is 11.8 Å². The van der Waals surface area contributed by atoms with Crippen LogP contribution in [-0.4, -0.2) is 12.4 Å². The maximum absolute atomic E-state index is 4.59. The minimum absolute atomic E-state index is 0.613. The highest BCUT2D eigenvalue weighted by Gasteiger charge is 2.18. The standard InChI is InChI=1S/C20H22N2/c1-3-7-19(8-4-1)21-15-17-11-13-18(14-12-17)16-22-20-9-5-2-6-10-20/h1-10,15-18H,11-14H2. The van der Waals surface area contributed by atoms with Gasteiger partial charge in [0.15, 0.2) is 0 Å². The van der Waals surface area contributed by atoms with Gasteiger partial charge in [0.2, 0.25) is 0 Å². The third-order valence-corrected chi connectivity index (χ3v) is 4.20. The molecule has 0 aliphatic heterocycles. The SMILES string of the molecule is C(=Nc1ccccc1)C1CCC(C=Nc2ccccc2)CC1. The van der Waals surface area contributed by atoms with Crippen molar-refractivity contribution in [3.05, 3.63) is 60.7 Å². The van der Waals surface area contributed by atoms with Gasteiger partial charge in [-0.25, -0.2) is 0 Å². The molecule has 0 amide bonds. The summed E-state index contributed by atoms with van der Waals surface area (Å²) in [6.07, 6.45) is 9.12. The fourth-order valence-electron chi connectivity index (χ4n) is 2.85. The van der Waals surface area contributed by atoms with Gasteiger partial charge in [-0.05, 0) is 61.8 Å². The molecule has 0 unspecified atom stereocenters. The molecule has 0 atom stereocenters. The first-order valence-corrected chi connectivity index (χ1v) is 8.08. The van der Waals surface area contributed by atoms with Crippen molar-refractivity contribution in [1.29, 1.82) is 0 Å². The largest absolute Gasteiger partial charge is 0.261 e. The topological polar surface area (TPSA) is 24.7 Å². The van der Waals surface area contributed by atoms with Crippen LogP contribution in [0.2, 0.25) is 0 Å². The van der Waals surface area contributed by atoms with Crippen molar-refractivity contribution >= 4 is 23.8 Å². The predicted molar refractivity (Wildman–Crippen MR) is 94.6 cm³/mol. The molecule has 2 aromatic rings. The first-order chi connectivity index (χ1) is 10.9. The first-order valence-electron chi connectivity index (χ1n) is 8.08. The Kier molecular flexibility index (Phi) is 5.14. The Morgan fingerprint density at radius 3 is 1.32 bits per heavy atom. The third-order valence-electron chi connectivity index (χ3n) is 4.20. The number of rotatable bonds is 4. The van der Waals surface area contributed by atoms with Gasteiger partial charge < -0.3 is 0 Å². The average Bonchev–Trinajstić information content (AvgIpc) is 2.61. The summed E-state index contributed by atoms with van der Waals surface area (Å²) < 4.78 is 0. The normalized spacial score (nSPS) is 22.4. The minimum Gasteiger partial charge on any atom is -0.261 e. The van der Waals surface area contributed by atoms with E-state index in [4.69, 9.17) is 0 Å². The van der Waals surface area contributed by atoms with Gasteiger partial charge in [0.05, 0.1) is 11.4 Å². The van der Waals surface area contributed by atoms with Gasteiger partial charge in [-0.15, -0.1) is 0 Å². The van der Waals surface area contributed by atoms with E-state index in [-0.39, 0.29) is 0 Å². The fraction of sp³-hybridized carbons (Fsp3) is 0.300. The number of para-hydroxylation sites is 2. The van der Waals surface area contributed by atoms with Gasteiger partial charge >= 0.3 is 0 Å². The third kappa shape index (κ3) is 4.39. The quantitative estimate of drug-likeness (QED) is 0.655. The summed E-state index contributed by atoms with van der Waals surface area (Å²) in [6.45, 7) is 0. The number of aliphatic imine (C=N–C) groups is 2. The van der Waals surface area contributed by atoms with Gasteiger partial charge in [0.1, 0.15) is 0 Å². The predicted octanol–water partition coefficient (Wildman–Crippen LogP) is 5.60. The molecule has 0 bridgehead atoms. The lowest BCUT2D eigenvalue weighted by Gasteiger charge is -2.23. The van der Waals surface area contributed by atoms with Crippen molar-refractivity contribution in [2.75, 3.05) is 0 Å². The van der Waals surface area contributed by atoms with E-state index >= 15 is 0 Å². The molecule has 0 radical (unpaired) electrons. The smallest absolute Gasteiger partial charge is 0.0625 e. The number of hydrogen-bond acceptors (Lipinski definition) is 2. The molecule has 2 aromatic carbocycles. The molecule has 0 heterocycles. The highest BCUT2D eigenvalue weighted by molar-refractivity contribution is 5.68. The van der Waals surface area contributed by atoms with Crippen molar-refractivity contribution in [3.63, 3.8) is 0 Å². The van der Waals surface area contributed by atoms with Crippen LogP contribution >= 0.6 is 0 Å². The summed E-state index contributed by atoms with van der Waals surface area (Å²) in [4.78, 5) is 9.18. The second kappa shape index (κ2) is 7.69. The number of benzene rings is 2.